The van der Waals surface area contributed by atoms with Gasteiger partial charge in [-0.05, 0) is 31.9 Å². The molecule has 0 aromatic heterocycles. The van der Waals surface area contributed by atoms with E-state index in [1.807, 2.05) is 0 Å². The summed E-state index contributed by atoms with van der Waals surface area (Å²) in [5.41, 5.74) is 0.107. The maximum atomic E-state index is 12.8. The second-order valence-electron chi connectivity index (χ2n) is 2.72. The Morgan fingerprint density at radius 1 is 1.38 bits per heavy atom. The number of isocyanates is 1. The van der Waals surface area contributed by atoms with Gasteiger partial charge in [0.15, 0.2) is 11.5 Å². The van der Waals surface area contributed by atoms with Crippen LogP contribution in [0.15, 0.2) is 20.0 Å². The van der Waals surface area contributed by atoms with E-state index in [1.54, 1.807) is 0 Å². The Balaban J connectivity index is 2.62. The third-order valence-electron chi connectivity index (χ3n) is 1.72. The summed E-state index contributed by atoms with van der Waals surface area (Å²) in [6.07, 6.45) is -2.41. The van der Waals surface area contributed by atoms with Gasteiger partial charge >= 0.3 is 6.29 Å². The molecule has 0 N–H and O–H groups in total. The van der Waals surface area contributed by atoms with Gasteiger partial charge in [0.05, 0.1) is 4.47 Å². The summed E-state index contributed by atoms with van der Waals surface area (Å²) in [5.74, 6) is -0.351. The molecule has 8 heteroatoms. The molecule has 0 fully saturated rings. The Morgan fingerprint density at radius 3 is 2.69 bits per heavy atom. The smallest absolute Gasteiger partial charge is 0.395 e. The van der Waals surface area contributed by atoms with Gasteiger partial charge in [0.2, 0.25) is 6.08 Å². The third kappa shape index (κ3) is 1.83. The van der Waals surface area contributed by atoms with E-state index in [-0.39, 0.29) is 21.7 Å². The summed E-state index contributed by atoms with van der Waals surface area (Å²) in [6, 6.07) is 1.23. The lowest BCUT2D eigenvalue weighted by atomic mass is 10.3. The fraction of sp³-hybridized carbons (Fsp3) is 0.125. The molecule has 2 rings (SSSR count). The Labute approximate surface area is 105 Å². The summed E-state index contributed by atoms with van der Waals surface area (Å²) in [6.45, 7) is 0. The van der Waals surface area contributed by atoms with Gasteiger partial charge in [-0.25, -0.2) is 4.79 Å². The molecular weight excluding hydrogens is 356 g/mol. The van der Waals surface area contributed by atoms with Crippen molar-refractivity contribution in [3.05, 3.63) is 15.0 Å². The first-order chi connectivity index (χ1) is 7.44. The molecule has 0 amide bonds. The maximum Gasteiger partial charge on any atom is 0.586 e. The highest BCUT2D eigenvalue weighted by atomic mass is 79.9. The highest BCUT2D eigenvalue weighted by Gasteiger charge is 2.45. The number of benzene rings is 1. The van der Waals surface area contributed by atoms with E-state index in [2.05, 4.69) is 46.3 Å². The number of halogens is 4. The van der Waals surface area contributed by atoms with Crippen molar-refractivity contribution in [2.45, 2.75) is 6.29 Å². The monoisotopic (exact) mass is 355 g/mol. The van der Waals surface area contributed by atoms with Gasteiger partial charge in [0.1, 0.15) is 5.69 Å². The van der Waals surface area contributed by atoms with Crippen LogP contribution in [-0.4, -0.2) is 12.4 Å². The first-order valence-corrected chi connectivity index (χ1v) is 5.39. The molecule has 1 aliphatic rings. The molecule has 0 bridgehead atoms. The van der Waals surface area contributed by atoms with Gasteiger partial charge in [-0.15, -0.1) is 8.78 Å². The predicted molar refractivity (Wildman–Crippen MR) is 55.8 cm³/mol. The van der Waals surface area contributed by atoms with Crippen LogP contribution < -0.4 is 9.47 Å². The Hall–Kier alpha value is -0.980. The molecule has 0 saturated carbocycles. The predicted octanol–water partition coefficient (Wildman–Crippen LogP) is 3.50. The molecule has 4 nitrogen and oxygen atoms in total. The average molecular weight is 357 g/mol. The van der Waals surface area contributed by atoms with Crippen LogP contribution in [0, 0.1) is 0 Å². The minimum Gasteiger partial charge on any atom is -0.395 e. The summed E-state index contributed by atoms with van der Waals surface area (Å²) in [5, 5.41) is 0. The van der Waals surface area contributed by atoms with Crippen molar-refractivity contribution in [3.8, 4) is 11.5 Å². The van der Waals surface area contributed by atoms with E-state index in [4.69, 9.17) is 0 Å². The SMILES string of the molecule is O=C=Nc1c(Br)cc2c(c1Br)OC(F)(F)O2. The van der Waals surface area contributed by atoms with Gasteiger partial charge in [-0.3, -0.25) is 0 Å². The molecule has 16 heavy (non-hydrogen) atoms. The second kappa shape index (κ2) is 3.80. The molecule has 0 spiro atoms. The number of hydrogen-bond donors (Lipinski definition) is 0. The van der Waals surface area contributed by atoms with Gasteiger partial charge in [-0.2, -0.15) is 4.99 Å². The standard InChI is InChI=1S/C8HBr2F2NO3/c9-3-1-4-7(16-8(11,12)15-4)5(10)6(3)13-2-14/h1H. The number of fused-ring (bicyclic) bond motifs is 1. The number of rotatable bonds is 1. The quantitative estimate of drug-likeness (QED) is 0.571. The Morgan fingerprint density at radius 2 is 2.06 bits per heavy atom. The van der Waals surface area contributed by atoms with E-state index in [9.17, 15) is 13.6 Å². The number of carbonyl (C=O) groups excluding carboxylic acids is 1. The van der Waals surface area contributed by atoms with Crippen LogP contribution in [0.25, 0.3) is 0 Å². The van der Waals surface area contributed by atoms with Crippen LogP contribution in [0.3, 0.4) is 0 Å². The zero-order valence-corrected chi connectivity index (χ0v) is 10.4. The van der Waals surface area contributed by atoms with Crippen molar-refractivity contribution in [1.29, 1.82) is 0 Å². The highest BCUT2D eigenvalue weighted by Crippen LogP contribution is 2.52. The maximum absolute atomic E-state index is 12.8. The van der Waals surface area contributed by atoms with Gasteiger partial charge in [0, 0.05) is 10.5 Å². The van der Waals surface area contributed by atoms with Crippen LogP contribution in [0.1, 0.15) is 0 Å². The molecule has 0 unspecified atom stereocenters. The van der Waals surface area contributed by atoms with E-state index in [0.717, 1.165) is 0 Å². The van der Waals surface area contributed by atoms with Crippen LogP contribution in [0.4, 0.5) is 14.5 Å². The van der Waals surface area contributed by atoms with Crippen LogP contribution in [0.5, 0.6) is 11.5 Å². The minimum absolute atomic E-state index is 0.0948. The van der Waals surface area contributed by atoms with Crippen molar-refractivity contribution in [1.82, 2.24) is 0 Å². The number of aliphatic imine (C=N–C) groups is 1. The number of alkyl halides is 2. The van der Waals surface area contributed by atoms with E-state index in [0.29, 0.717) is 4.47 Å². The topological polar surface area (TPSA) is 47.9 Å². The molecule has 0 atom stereocenters. The highest BCUT2D eigenvalue weighted by molar-refractivity contribution is 9.11. The lowest BCUT2D eigenvalue weighted by molar-refractivity contribution is -0.286. The normalized spacial score (nSPS) is 15.8. The van der Waals surface area contributed by atoms with Gasteiger partial charge in [-0.1, -0.05) is 0 Å². The molecule has 1 aliphatic heterocycles. The van der Waals surface area contributed by atoms with E-state index in [1.165, 1.54) is 12.1 Å². The molecule has 1 aromatic carbocycles. The zero-order chi connectivity index (χ0) is 11.9. The fourth-order valence-electron chi connectivity index (χ4n) is 1.16. The summed E-state index contributed by atoms with van der Waals surface area (Å²) < 4.78 is 34.4. The van der Waals surface area contributed by atoms with E-state index >= 15 is 0 Å². The molecular formula is C8HBr2F2NO3. The van der Waals surface area contributed by atoms with Gasteiger partial charge < -0.3 is 9.47 Å². The fourth-order valence-corrected chi connectivity index (χ4v) is 2.50. The first-order valence-electron chi connectivity index (χ1n) is 3.80. The van der Waals surface area contributed by atoms with Crippen molar-refractivity contribution in [2.75, 3.05) is 0 Å². The summed E-state index contributed by atoms with van der Waals surface area (Å²) in [7, 11) is 0. The van der Waals surface area contributed by atoms with Crippen molar-refractivity contribution >= 4 is 43.6 Å². The summed E-state index contributed by atoms with van der Waals surface area (Å²) >= 11 is 6.05. The Kier molecular flexibility index (Phi) is 2.73. The average Bonchev–Trinajstić information content (AvgIpc) is 2.48. The van der Waals surface area contributed by atoms with Crippen molar-refractivity contribution < 1.29 is 23.0 Å². The molecule has 1 heterocycles. The van der Waals surface area contributed by atoms with Crippen LogP contribution >= 0.6 is 31.9 Å². The van der Waals surface area contributed by atoms with E-state index < -0.39 is 6.29 Å². The largest absolute Gasteiger partial charge is 0.586 e. The summed E-state index contributed by atoms with van der Waals surface area (Å²) in [4.78, 5) is 13.5. The molecule has 84 valence electrons. The molecule has 0 saturated heterocycles. The zero-order valence-electron chi connectivity index (χ0n) is 7.26. The van der Waals surface area contributed by atoms with Crippen LogP contribution in [-0.2, 0) is 4.79 Å². The Bertz CT molecular complexity index is 514. The number of hydrogen-bond acceptors (Lipinski definition) is 4. The molecule has 0 aliphatic carbocycles. The minimum atomic E-state index is -3.71. The third-order valence-corrected chi connectivity index (χ3v) is 3.06. The van der Waals surface area contributed by atoms with Crippen molar-refractivity contribution in [3.63, 3.8) is 0 Å². The first kappa shape index (κ1) is 11.5. The van der Waals surface area contributed by atoms with Gasteiger partial charge in [0.25, 0.3) is 0 Å². The molecule has 0 radical (unpaired) electrons. The van der Waals surface area contributed by atoms with Crippen molar-refractivity contribution in [2.24, 2.45) is 4.99 Å². The van der Waals surface area contributed by atoms with Crippen LogP contribution in [0.2, 0.25) is 0 Å². The number of nitrogens with zero attached hydrogens (tertiary/aromatic N) is 1. The lowest BCUT2D eigenvalue weighted by Gasteiger charge is -2.05. The second-order valence-corrected chi connectivity index (χ2v) is 4.37. The lowest BCUT2D eigenvalue weighted by Crippen LogP contribution is -2.26. The molecule has 1 aromatic rings. The number of ether oxygens (including phenoxy) is 2.